The lowest BCUT2D eigenvalue weighted by Crippen LogP contribution is -2.11. The van der Waals surface area contributed by atoms with Gasteiger partial charge in [0.2, 0.25) is 0 Å². The van der Waals surface area contributed by atoms with Gasteiger partial charge < -0.3 is 9.84 Å². The standard InChI is InChI=1S/C8H16O3/c1-3-4-8(10)5-6-11-7(2)9/h8,10H,3-6H2,1-2H3. The van der Waals surface area contributed by atoms with Crippen LogP contribution in [0, 0.1) is 0 Å². The van der Waals surface area contributed by atoms with E-state index in [4.69, 9.17) is 0 Å². The lowest BCUT2D eigenvalue weighted by Gasteiger charge is -2.07. The second-order valence-corrected chi connectivity index (χ2v) is 2.57. The highest BCUT2D eigenvalue weighted by molar-refractivity contribution is 5.65. The number of aliphatic hydroxyl groups is 1. The molecule has 0 aromatic rings. The molecule has 0 aromatic heterocycles. The minimum atomic E-state index is -0.320. The van der Waals surface area contributed by atoms with E-state index in [2.05, 4.69) is 4.74 Å². The predicted octanol–water partition coefficient (Wildman–Crippen LogP) is 1.10. The molecule has 0 spiro atoms. The molecule has 66 valence electrons. The average Bonchev–Trinajstić information content (AvgIpc) is 1.87. The van der Waals surface area contributed by atoms with E-state index >= 15 is 0 Å². The molecule has 0 bridgehead atoms. The summed E-state index contributed by atoms with van der Waals surface area (Å²) < 4.78 is 4.66. The van der Waals surface area contributed by atoms with Crippen molar-refractivity contribution in [2.45, 2.75) is 39.2 Å². The molecular formula is C8H16O3. The van der Waals surface area contributed by atoms with E-state index in [1.54, 1.807) is 0 Å². The van der Waals surface area contributed by atoms with Crippen LogP contribution in [-0.2, 0) is 9.53 Å². The van der Waals surface area contributed by atoms with Gasteiger partial charge in [0.25, 0.3) is 0 Å². The number of hydrogen-bond donors (Lipinski definition) is 1. The van der Waals surface area contributed by atoms with Gasteiger partial charge in [-0.2, -0.15) is 0 Å². The van der Waals surface area contributed by atoms with E-state index in [0.717, 1.165) is 12.8 Å². The van der Waals surface area contributed by atoms with Gasteiger partial charge in [0, 0.05) is 13.3 Å². The van der Waals surface area contributed by atoms with Crippen LogP contribution in [0.3, 0.4) is 0 Å². The Morgan fingerprint density at radius 1 is 1.55 bits per heavy atom. The number of carbonyl (C=O) groups is 1. The molecule has 3 heteroatoms. The molecule has 1 atom stereocenters. The minimum absolute atomic E-state index is 0.284. The lowest BCUT2D eigenvalue weighted by molar-refractivity contribution is -0.141. The van der Waals surface area contributed by atoms with Crippen LogP contribution >= 0.6 is 0 Å². The van der Waals surface area contributed by atoms with Crippen LogP contribution in [0.5, 0.6) is 0 Å². The van der Waals surface area contributed by atoms with Crippen molar-refractivity contribution in [3.8, 4) is 0 Å². The molecule has 0 aliphatic rings. The van der Waals surface area contributed by atoms with Crippen molar-refractivity contribution in [1.29, 1.82) is 0 Å². The summed E-state index contributed by atoms with van der Waals surface area (Å²) in [6.07, 6.45) is 1.97. The third kappa shape index (κ3) is 7.33. The first-order valence-electron chi connectivity index (χ1n) is 3.98. The Hall–Kier alpha value is -0.570. The van der Waals surface area contributed by atoms with Crippen molar-refractivity contribution >= 4 is 5.97 Å². The summed E-state index contributed by atoms with van der Waals surface area (Å²) in [6, 6.07) is 0. The highest BCUT2D eigenvalue weighted by Crippen LogP contribution is 2.00. The maximum absolute atomic E-state index is 10.3. The van der Waals surface area contributed by atoms with E-state index in [1.165, 1.54) is 6.92 Å². The molecule has 3 nitrogen and oxygen atoms in total. The summed E-state index contributed by atoms with van der Waals surface area (Å²) in [7, 11) is 0. The van der Waals surface area contributed by atoms with Gasteiger partial charge in [0.05, 0.1) is 12.7 Å². The summed E-state index contributed by atoms with van der Waals surface area (Å²) in [4.78, 5) is 10.3. The van der Waals surface area contributed by atoms with Gasteiger partial charge in [-0.1, -0.05) is 13.3 Å². The summed E-state index contributed by atoms with van der Waals surface area (Å²) in [5, 5.41) is 9.17. The number of rotatable bonds is 5. The number of hydrogen-bond acceptors (Lipinski definition) is 3. The van der Waals surface area contributed by atoms with Gasteiger partial charge in [0.15, 0.2) is 0 Å². The molecule has 0 heterocycles. The van der Waals surface area contributed by atoms with Gasteiger partial charge in [-0.05, 0) is 6.42 Å². The topological polar surface area (TPSA) is 46.5 Å². The average molecular weight is 160 g/mol. The fourth-order valence-electron chi connectivity index (χ4n) is 0.816. The molecule has 1 unspecified atom stereocenters. The van der Waals surface area contributed by atoms with E-state index in [1.807, 2.05) is 6.92 Å². The largest absolute Gasteiger partial charge is 0.466 e. The Kier molecular flexibility index (Phi) is 5.84. The second kappa shape index (κ2) is 6.16. The maximum Gasteiger partial charge on any atom is 0.302 e. The first-order chi connectivity index (χ1) is 5.16. The molecule has 0 fully saturated rings. The molecule has 0 saturated heterocycles. The van der Waals surface area contributed by atoms with Crippen LogP contribution in [-0.4, -0.2) is 23.8 Å². The summed E-state index contributed by atoms with van der Waals surface area (Å²) in [6.45, 7) is 3.71. The van der Waals surface area contributed by atoms with E-state index in [0.29, 0.717) is 13.0 Å². The minimum Gasteiger partial charge on any atom is -0.466 e. The van der Waals surface area contributed by atoms with Crippen LogP contribution in [0.4, 0.5) is 0 Å². The summed E-state index contributed by atoms with van der Waals surface area (Å²) in [5.74, 6) is -0.284. The molecule has 1 N–H and O–H groups in total. The molecule has 0 amide bonds. The van der Waals surface area contributed by atoms with Crippen LogP contribution in [0.25, 0.3) is 0 Å². The van der Waals surface area contributed by atoms with Crippen molar-refractivity contribution in [2.24, 2.45) is 0 Å². The van der Waals surface area contributed by atoms with Crippen molar-refractivity contribution in [3.63, 3.8) is 0 Å². The molecule has 0 aromatic carbocycles. The van der Waals surface area contributed by atoms with Gasteiger partial charge >= 0.3 is 5.97 Å². The number of esters is 1. The van der Waals surface area contributed by atoms with Crippen LogP contribution in [0.1, 0.15) is 33.1 Å². The van der Waals surface area contributed by atoms with Crippen LogP contribution < -0.4 is 0 Å². The third-order valence-electron chi connectivity index (χ3n) is 1.38. The van der Waals surface area contributed by atoms with Crippen molar-refractivity contribution in [2.75, 3.05) is 6.61 Å². The van der Waals surface area contributed by atoms with Gasteiger partial charge in [0.1, 0.15) is 0 Å². The smallest absolute Gasteiger partial charge is 0.302 e. The lowest BCUT2D eigenvalue weighted by atomic mass is 10.1. The van der Waals surface area contributed by atoms with Gasteiger partial charge in [-0.25, -0.2) is 0 Å². The normalized spacial score (nSPS) is 12.6. The van der Waals surface area contributed by atoms with Crippen LogP contribution in [0.15, 0.2) is 0 Å². The predicted molar refractivity (Wildman–Crippen MR) is 42.2 cm³/mol. The molecule has 0 aliphatic heterocycles. The molecule has 0 saturated carbocycles. The van der Waals surface area contributed by atoms with E-state index in [9.17, 15) is 9.90 Å². The fourth-order valence-corrected chi connectivity index (χ4v) is 0.816. The highest BCUT2D eigenvalue weighted by atomic mass is 16.5. The van der Waals surface area contributed by atoms with Crippen molar-refractivity contribution in [1.82, 2.24) is 0 Å². The number of aliphatic hydroxyl groups excluding tert-OH is 1. The molecule has 11 heavy (non-hydrogen) atoms. The van der Waals surface area contributed by atoms with Crippen LogP contribution in [0.2, 0.25) is 0 Å². The SMILES string of the molecule is CCCC(O)CCOC(C)=O. The molecule has 0 rings (SSSR count). The Bertz CT molecular complexity index is 112. The highest BCUT2D eigenvalue weighted by Gasteiger charge is 2.02. The van der Waals surface area contributed by atoms with Gasteiger partial charge in [-0.3, -0.25) is 4.79 Å². The maximum atomic E-state index is 10.3. The molecule has 0 radical (unpaired) electrons. The first-order valence-corrected chi connectivity index (χ1v) is 3.98. The summed E-state index contributed by atoms with van der Waals surface area (Å²) >= 11 is 0. The van der Waals surface area contributed by atoms with Gasteiger partial charge in [-0.15, -0.1) is 0 Å². The zero-order chi connectivity index (χ0) is 8.69. The monoisotopic (exact) mass is 160 g/mol. The molecular weight excluding hydrogens is 144 g/mol. The van der Waals surface area contributed by atoms with E-state index in [-0.39, 0.29) is 12.1 Å². The quantitative estimate of drug-likeness (QED) is 0.612. The zero-order valence-corrected chi connectivity index (χ0v) is 7.17. The Morgan fingerprint density at radius 2 is 2.18 bits per heavy atom. The summed E-state index contributed by atoms with van der Waals surface area (Å²) in [5.41, 5.74) is 0. The number of carbonyl (C=O) groups excluding carboxylic acids is 1. The molecule has 0 aliphatic carbocycles. The Balaban J connectivity index is 3.16. The third-order valence-corrected chi connectivity index (χ3v) is 1.38. The number of ether oxygens (including phenoxy) is 1. The van der Waals surface area contributed by atoms with Crippen molar-refractivity contribution < 1.29 is 14.6 Å². The second-order valence-electron chi connectivity index (χ2n) is 2.57. The zero-order valence-electron chi connectivity index (χ0n) is 7.17. The Morgan fingerprint density at radius 3 is 2.64 bits per heavy atom. The van der Waals surface area contributed by atoms with E-state index < -0.39 is 0 Å². The van der Waals surface area contributed by atoms with Crippen molar-refractivity contribution in [3.05, 3.63) is 0 Å². The Labute approximate surface area is 67.4 Å². The fraction of sp³-hybridized carbons (Fsp3) is 0.875. The first kappa shape index (κ1) is 10.4.